The molecule has 6 aromatic heterocycles. The van der Waals surface area contributed by atoms with E-state index in [1.54, 1.807) is 124 Å². The number of benzene rings is 2. The SMILES string of the molecule is O=C1Cc2cc(Cl)ccc2C(=O)N(CC2CCN(C(=O)Nc3ccccn3)CC2)[C@@H]1Cc1ccccn1.O=C1Cc2cc(Cl)ccc2C(=O)N(CC2CCNCC2)[C@@H]1Cc1ccccn1.O=c1nc2ccccn2c(=O)n1-c1ccccn1. The normalized spacial score (nSPS) is 17.5. The fourth-order valence-electron chi connectivity index (χ4n) is 11.0. The first-order valence-corrected chi connectivity index (χ1v) is 28.4. The molecule has 21 heteroatoms. The van der Waals surface area contributed by atoms with Crippen LogP contribution in [0.15, 0.2) is 168 Å². The second-order valence-corrected chi connectivity index (χ2v) is 21.7. The Bertz CT molecular complexity index is 3730. The number of fused-ring (bicyclic) bond motifs is 3. The summed E-state index contributed by atoms with van der Waals surface area (Å²) in [7, 11) is 0. The number of anilines is 1. The van der Waals surface area contributed by atoms with Crippen molar-refractivity contribution in [1.29, 1.82) is 0 Å². The van der Waals surface area contributed by atoms with E-state index in [2.05, 4.69) is 35.6 Å². The third-order valence-corrected chi connectivity index (χ3v) is 15.8. The van der Waals surface area contributed by atoms with Crippen molar-refractivity contribution in [3.63, 3.8) is 0 Å². The van der Waals surface area contributed by atoms with Gasteiger partial charge >= 0.3 is 17.4 Å². The molecule has 2 saturated heterocycles. The van der Waals surface area contributed by atoms with Crippen LogP contribution in [0.5, 0.6) is 0 Å². The van der Waals surface area contributed by atoms with Crippen LogP contribution in [0.25, 0.3) is 11.5 Å². The highest BCUT2D eigenvalue weighted by Crippen LogP contribution is 2.30. The number of halogens is 2. The molecule has 0 saturated carbocycles. The van der Waals surface area contributed by atoms with E-state index >= 15 is 0 Å². The largest absolute Gasteiger partial charge is 0.359 e. The maximum atomic E-state index is 13.8. The zero-order chi connectivity index (χ0) is 57.8. The van der Waals surface area contributed by atoms with E-state index in [1.807, 2.05) is 42.5 Å². The van der Waals surface area contributed by atoms with Crippen molar-refractivity contribution >= 4 is 64.1 Å². The number of carbonyl (C=O) groups is 5. The zero-order valence-corrected chi connectivity index (χ0v) is 46.8. The van der Waals surface area contributed by atoms with Crippen LogP contribution in [-0.4, -0.2) is 129 Å². The number of Topliss-reactive ketones (excluding diaryl/α,β-unsaturated/α-hetero) is 2. The van der Waals surface area contributed by atoms with Crippen LogP contribution >= 0.6 is 23.2 Å². The molecule has 0 bridgehead atoms. The summed E-state index contributed by atoms with van der Waals surface area (Å²) in [6.07, 6.45) is 12.8. The highest BCUT2D eigenvalue weighted by Gasteiger charge is 2.39. The number of piperidine rings is 2. The van der Waals surface area contributed by atoms with Crippen LogP contribution in [0, 0.1) is 11.8 Å². The number of urea groups is 1. The number of carbonyl (C=O) groups excluding carboxylic acids is 5. The monoisotopic (exact) mass is 1150 g/mol. The predicted molar refractivity (Wildman–Crippen MR) is 314 cm³/mol. The Balaban J connectivity index is 0.000000147. The number of nitrogens with zero attached hydrogens (tertiary/aromatic N) is 10. The molecule has 424 valence electrons. The first-order chi connectivity index (χ1) is 40.4. The number of ketones is 2. The lowest BCUT2D eigenvalue weighted by molar-refractivity contribution is -0.123. The summed E-state index contributed by atoms with van der Waals surface area (Å²) >= 11 is 12.3. The Labute approximate surface area is 488 Å². The molecule has 83 heavy (non-hydrogen) atoms. The minimum Gasteiger partial charge on any atom is -0.328 e. The first-order valence-electron chi connectivity index (χ1n) is 27.6. The minimum atomic E-state index is -0.634. The minimum absolute atomic E-state index is 0.0211. The van der Waals surface area contributed by atoms with Gasteiger partial charge in [-0.25, -0.2) is 24.4 Å². The van der Waals surface area contributed by atoms with Crippen LogP contribution in [-0.2, 0) is 35.3 Å². The molecule has 0 radical (unpaired) electrons. The van der Waals surface area contributed by atoms with Gasteiger partial charge < -0.3 is 20.0 Å². The third-order valence-electron chi connectivity index (χ3n) is 15.3. The highest BCUT2D eigenvalue weighted by molar-refractivity contribution is 6.31. The summed E-state index contributed by atoms with van der Waals surface area (Å²) in [5.41, 5.74) is 3.30. The molecule has 0 aliphatic carbocycles. The van der Waals surface area contributed by atoms with Gasteiger partial charge in [0.1, 0.15) is 17.3 Å². The molecule has 2 aromatic carbocycles. The number of likely N-dealkylation sites (tertiary alicyclic amines) is 1. The van der Waals surface area contributed by atoms with Gasteiger partial charge in [-0.3, -0.25) is 38.9 Å². The van der Waals surface area contributed by atoms with E-state index in [4.69, 9.17) is 23.2 Å². The van der Waals surface area contributed by atoms with Gasteiger partial charge in [-0.2, -0.15) is 9.55 Å². The van der Waals surface area contributed by atoms with Crippen molar-refractivity contribution in [2.75, 3.05) is 44.6 Å². The summed E-state index contributed by atoms with van der Waals surface area (Å²) < 4.78 is 2.24. The van der Waals surface area contributed by atoms with Crippen molar-refractivity contribution < 1.29 is 24.0 Å². The molecule has 12 rings (SSSR count). The maximum absolute atomic E-state index is 13.8. The van der Waals surface area contributed by atoms with E-state index in [0.29, 0.717) is 83.1 Å². The lowest BCUT2D eigenvalue weighted by Crippen LogP contribution is -2.49. The fourth-order valence-corrected chi connectivity index (χ4v) is 11.3. The second kappa shape index (κ2) is 26.9. The summed E-state index contributed by atoms with van der Waals surface area (Å²) in [5.74, 6) is 1.14. The summed E-state index contributed by atoms with van der Waals surface area (Å²) in [5, 5.41) is 7.24. The Morgan fingerprint density at radius 2 is 1.10 bits per heavy atom. The summed E-state index contributed by atoms with van der Waals surface area (Å²) in [6, 6.07) is 35.7. The standard InChI is InChI=1S/C28H28ClN5O3.C22H24ClN3O2.C12H8N4O2/c29-21-7-8-23-20(15-21)16-25(35)24(17-22-5-1-3-11-30-22)34(27(23)36)18-19-9-13-33(14-10-19)28(37)32-26-6-2-4-12-31-26;23-17-4-5-19-16(11-17)12-21(27)20(13-18-3-1-2-8-25-18)26(22(19)28)14-15-6-9-24-10-7-15;17-11-14-10-6-2-4-8-15(10)12(18)16(11)9-5-1-3-7-13-9/h1-8,11-12,15,19,24H,9-10,13-14,16-18H2,(H,31,32,37);1-5,8,11,15,20,24H,6-7,9-10,12-14H2;1-8H/t24-;20-;/m11./s1. The molecule has 0 spiro atoms. The Kier molecular flexibility index (Phi) is 18.6. The van der Waals surface area contributed by atoms with E-state index in [9.17, 15) is 33.6 Å². The average Bonchev–Trinajstić information content (AvgIpc) is 3.99. The molecule has 19 nitrogen and oxygen atoms in total. The molecule has 0 unspecified atom stereocenters. The van der Waals surface area contributed by atoms with Crippen molar-refractivity contribution in [2.45, 2.75) is 63.5 Å². The van der Waals surface area contributed by atoms with Gasteiger partial charge in [0.2, 0.25) is 0 Å². The Hall–Kier alpha value is -8.78. The number of hydrogen-bond acceptors (Lipinski definition) is 13. The summed E-state index contributed by atoms with van der Waals surface area (Å²) in [4.78, 5) is 117. The maximum Gasteiger partial charge on any atom is 0.359 e. The van der Waals surface area contributed by atoms with Crippen LogP contribution in [0.1, 0.15) is 68.9 Å². The van der Waals surface area contributed by atoms with Gasteiger partial charge in [0.15, 0.2) is 11.6 Å². The third kappa shape index (κ3) is 14.1. The molecule has 4 aliphatic heterocycles. The molecule has 2 fully saturated rings. The first kappa shape index (κ1) is 57.5. The lowest BCUT2D eigenvalue weighted by atomic mass is 9.94. The fraction of sp³-hybridized carbons (Fsp3) is 0.290. The van der Waals surface area contributed by atoms with Gasteiger partial charge in [0.05, 0.1) is 12.1 Å². The molecule has 4 amide bonds. The molecule has 4 aliphatic rings. The predicted octanol–water partition coefficient (Wildman–Crippen LogP) is 7.41. The quantitative estimate of drug-likeness (QED) is 0.136. The van der Waals surface area contributed by atoms with Gasteiger partial charge in [-0.1, -0.05) is 53.5 Å². The molecular weight excluding hydrogens is 1100 g/mol. The average molecular weight is 1160 g/mol. The second-order valence-electron chi connectivity index (χ2n) is 20.8. The smallest absolute Gasteiger partial charge is 0.328 e. The number of nitrogens with one attached hydrogen (secondary N) is 2. The molecular formula is C62H60Cl2N12O7. The highest BCUT2D eigenvalue weighted by atomic mass is 35.5. The van der Waals surface area contributed by atoms with E-state index < -0.39 is 23.5 Å². The van der Waals surface area contributed by atoms with E-state index in [0.717, 1.165) is 60.3 Å². The van der Waals surface area contributed by atoms with Crippen molar-refractivity contribution in [3.05, 3.63) is 223 Å². The number of rotatable bonds is 10. The van der Waals surface area contributed by atoms with Crippen LogP contribution in [0.2, 0.25) is 10.0 Å². The summed E-state index contributed by atoms with van der Waals surface area (Å²) in [6.45, 7) is 4.09. The lowest BCUT2D eigenvalue weighted by Gasteiger charge is -2.37. The van der Waals surface area contributed by atoms with Gasteiger partial charge in [-0.15, -0.1) is 0 Å². The van der Waals surface area contributed by atoms with Crippen molar-refractivity contribution in [2.24, 2.45) is 11.8 Å². The number of pyridine rings is 5. The van der Waals surface area contributed by atoms with Gasteiger partial charge in [0, 0.05) is 115 Å². The van der Waals surface area contributed by atoms with Gasteiger partial charge in [-0.05, 0) is 159 Å². The Morgan fingerprint density at radius 3 is 1.61 bits per heavy atom. The molecule has 10 heterocycles. The van der Waals surface area contributed by atoms with Crippen molar-refractivity contribution in [3.8, 4) is 5.82 Å². The van der Waals surface area contributed by atoms with Crippen LogP contribution < -0.4 is 22.0 Å². The Morgan fingerprint density at radius 1 is 0.578 bits per heavy atom. The number of amides is 4. The topological polar surface area (TPSA) is 227 Å². The molecule has 2 N–H and O–H groups in total. The van der Waals surface area contributed by atoms with Crippen molar-refractivity contribution in [1.82, 2.24) is 53.9 Å². The number of aromatic nitrogens is 7. The number of hydrogen-bond donors (Lipinski definition) is 2. The molecule has 2 atom stereocenters. The van der Waals surface area contributed by atoms with E-state index in [1.165, 1.54) is 10.6 Å². The molecule has 8 aromatic rings. The van der Waals surface area contributed by atoms with E-state index in [-0.39, 0.29) is 54.0 Å². The zero-order valence-electron chi connectivity index (χ0n) is 45.3. The van der Waals surface area contributed by atoms with Gasteiger partial charge in [0.25, 0.3) is 11.8 Å². The van der Waals surface area contributed by atoms with Crippen LogP contribution in [0.3, 0.4) is 0 Å². The van der Waals surface area contributed by atoms with Crippen LogP contribution in [0.4, 0.5) is 10.6 Å².